The molecule has 0 aliphatic heterocycles. The van der Waals surface area contributed by atoms with Gasteiger partial charge in [0.05, 0.1) is 4.90 Å². The fourth-order valence-electron chi connectivity index (χ4n) is 2.71. The highest BCUT2D eigenvalue weighted by atomic mass is 32.2. The Morgan fingerprint density at radius 3 is 2.30 bits per heavy atom. The van der Waals surface area contributed by atoms with Gasteiger partial charge in [0.15, 0.2) is 0 Å². The summed E-state index contributed by atoms with van der Waals surface area (Å²) in [6.07, 6.45) is 2.01. The van der Waals surface area contributed by atoms with Crippen LogP contribution in [0.5, 0.6) is 0 Å². The number of rotatable bonds is 6. The van der Waals surface area contributed by atoms with Crippen LogP contribution in [0.3, 0.4) is 0 Å². The fraction of sp³-hybridized carbons (Fsp3) is 0.368. The third-order valence-electron chi connectivity index (χ3n) is 4.01. The number of hydrogen-bond donors (Lipinski definition) is 1. The number of benzene rings is 2. The molecule has 2 aromatic carbocycles. The third-order valence-corrected chi connectivity index (χ3v) is 5.56. The number of sulfonamides is 1. The van der Waals surface area contributed by atoms with Crippen molar-refractivity contribution in [3.63, 3.8) is 0 Å². The second kappa shape index (κ2) is 7.28. The van der Waals surface area contributed by atoms with Gasteiger partial charge in [0, 0.05) is 6.04 Å². The van der Waals surface area contributed by atoms with E-state index in [1.165, 1.54) is 0 Å². The van der Waals surface area contributed by atoms with E-state index in [0.717, 1.165) is 35.1 Å². The monoisotopic (exact) mass is 331 g/mol. The van der Waals surface area contributed by atoms with Gasteiger partial charge >= 0.3 is 0 Å². The molecule has 23 heavy (non-hydrogen) atoms. The molecule has 0 saturated carbocycles. The molecule has 1 N–H and O–H groups in total. The van der Waals surface area contributed by atoms with Gasteiger partial charge in [-0.15, -0.1) is 0 Å². The van der Waals surface area contributed by atoms with E-state index < -0.39 is 10.0 Å². The molecule has 0 bridgehead atoms. The lowest BCUT2D eigenvalue weighted by atomic mass is 10.0. The highest BCUT2D eigenvalue weighted by Crippen LogP contribution is 2.21. The predicted molar refractivity (Wildman–Crippen MR) is 95.1 cm³/mol. The lowest BCUT2D eigenvalue weighted by Gasteiger charge is -2.17. The highest BCUT2D eigenvalue weighted by molar-refractivity contribution is 7.89. The van der Waals surface area contributed by atoms with Gasteiger partial charge in [-0.25, -0.2) is 13.1 Å². The van der Waals surface area contributed by atoms with Crippen molar-refractivity contribution in [2.75, 3.05) is 0 Å². The van der Waals surface area contributed by atoms with Gasteiger partial charge in [0.2, 0.25) is 10.0 Å². The Morgan fingerprint density at radius 2 is 1.70 bits per heavy atom. The molecule has 0 spiro atoms. The van der Waals surface area contributed by atoms with Gasteiger partial charge in [-0.3, -0.25) is 0 Å². The molecule has 0 aliphatic carbocycles. The number of nitrogens with one attached hydrogen (secondary N) is 1. The summed E-state index contributed by atoms with van der Waals surface area (Å²) in [5.41, 5.74) is 4.38. The molecule has 1 unspecified atom stereocenters. The van der Waals surface area contributed by atoms with E-state index in [9.17, 15) is 8.42 Å². The van der Waals surface area contributed by atoms with Crippen LogP contribution in [0, 0.1) is 13.8 Å². The van der Waals surface area contributed by atoms with E-state index >= 15 is 0 Å². The largest absolute Gasteiger partial charge is 0.241 e. The Bertz CT molecular complexity index is 764. The summed E-state index contributed by atoms with van der Waals surface area (Å²) < 4.78 is 27.9. The lowest BCUT2D eigenvalue weighted by molar-refractivity contribution is 0.566. The maximum absolute atomic E-state index is 12.6. The molecule has 0 radical (unpaired) electrons. The summed E-state index contributed by atoms with van der Waals surface area (Å²) in [7, 11) is -3.52. The molecule has 1 atom stereocenters. The molecule has 3 nitrogen and oxygen atoms in total. The smallest absolute Gasteiger partial charge is 0.207 e. The van der Waals surface area contributed by atoms with Crippen molar-refractivity contribution in [3.05, 3.63) is 64.7 Å². The standard InChI is InChI=1S/C19H25NO2S/c1-5-6-17-9-11-18(12-10-17)23(21,22)20-16(4)19-13-14(2)7-8-15(19)3/h7-13,16,20H,5-6H2,1-4H3. The Balaban J connectivity index is 2.21. The average Bonchev–Trinajstić information content (AvgIpc) is 2.50. The Kier molecular flexibility index (Phi) is 5.60. The van der Waals surface area contributed by atoms with Crippen LogP contribution in [0.25, 0.3) is 0 Å². The van der Waals surface area contributed by atoms with Gasteiger partial charge in [-0.2, -0.15) is 0 Å². The van der Waals surface area contributed by atoms with Crippen LogP contribution in [0.1, 0.15) is 48.6 Å². The normalized spacial score (nSPS) is 13.0. The Hall–Kier alpha value is -1.65. The summed E-state index contributed by atoms with van der Waals surface area (Å²) in [6, 6.07) is 13.0. The first-order valence-corrected chi connectivity index (χ1v) is 9.50. The van der Waals surface area contributed by atoms with Gasteiger partial charge in [-0.1, -0.05) is 49.2 Å². The predicted octanol–water partition coefficient (Wildman–Crippen LogP) is 4.30. The SMILES string of the molecule is CCCc1ccc(S(=O)(=O)NC(C)c2cc(C)ccc2C)cc1. The van der Waals surface area contributed by atoms with Crippen molar-refractivity contribution in [3.8, 4) is 0 Å². The van der Waals surface area contributed by atoms with Gasteiger partial charge in [0.25, 0.3) is 0 Å². The minimum Gasteiger partial charge on any atom is -0.207 e. The van der Waals surface area contributed by atoms with Crippen molar-refractivity contribution in [1.29, 1.82) is 0 Å². The van der Waals surface area contributed by atoms with E-state index in [4.69, 9.17) is 0 Å². The molecule has 0 amide bonds. The summed E-state index contributed by atoms with van der Waals surface area (Å²) >= 11 is 0. The summed E-state index contributed by atoms with van der Waals surface area (Å²) in [4.78, 5) is 0.314. The molecule has 2 rings (SSSR count). The molecule has 0 aromatic heterocycles. The first kappa shape index (κ1) is 17.7. The topological polar surface area (TPSA) is 46.2 Å². The second-order valence-electron chi connectivity index (χ2n) is 6.10. The van der Waals surface area contributed by atoms with Gasteiger partial charge in [-0.05, 0) is 56.0 Å². The van der Waals surface area contributed by atoms with Gasteiger partial charge < -0.3 is 0 Å². The van der Waals surface area contributed by atoms with E-state index in [1.807, 2.05) is 51.1 Å². The lowest BCUT2D eigenvalue weighted by Crippen LogP contribution is -2.27. The van der Waals surface area contributed by atoms with Crippen LogP contribution in [-0.4, -0.2) is 8.42 Å². The molecule has 0 saturated heterocycles. The first-order valence-electron chi connectivity index (χ1n) is 8.02. The maximum Gasteiger partial charge on any atom is 0.241 e. The van der Waals surface area contributed by atoms with Crippen LogP contribution in [0.15, 0.2) is 47.4 Å². The third kappa shape index (κ3) is 4.43. The average molecular weight is 331 g/mol. The van der Waals surface area contributed by atoms with E-state index in [0.29, 0.717) is 4.90 Å². The van der Waals surface area contributed by atoms with Crippen LogP contribution in [0.4, 0.5) is 0 Å². The van der Waals surface area contributed by atoms with Crippen molar-refractivity contribution in [2.24, 2.45) is 0 Å². The van der Waals surface area contributed by atoms with E-state index in [1.54, 1.807) is 12.1 Å². The zero-order chi connectivity index (χ0) is 17.0. The van der Waals surface area contributed by atoms with Crippen LogP contribution in [-0.2, 0) is 16.4 Å². The minimum atomic E-state index is -3.52. The van der Waals surface area contributed by atoms with Crippen LogP contribution in [0.2, 0.25) is 0 Å². The van der Waals surface area contributed by atoms with Crippen molar-refractivity contribution in [2.45, 2.75) is 51.5 Å². The first-order chi connectivity index (χ1) is 10.8. The molecule has 0 heterocycles. The Labute approximate surface area is 139 Å². The summed E-state index contributed by atoms with van der Waals surface area (Å²) in [5.74, 6) is 0. The highest BCUT2D eigenvalue weighted by Gasteiger charge is 2.19. The van der Waals surface area contributed by atoms with Gasteiger partial charge in [0.1, 0.15) is 0 Å². The minimum absolute atomic E-state index is 0.268. The fourth-order valence-corrected chi connectivity index (χ4v) is 3.94. The van der Waals surface area contributed by atoms with Crippen molar-refractivity contribution < 1.29 is 8.42 Å². The molecule has 0 fully saturated rings. The number of aryl methyl sites for hydroxylation is 3. The molecule has 2 aromatic rings. The van der Waals surface area contributed by atoms with E-state index in [-0.39, 0.29) is 6.04 Å². The number of hydrogen-bond acceptors (Lipinski definition) is 2. The molecule has 4 heteroatoms. The Morgan fingerprint density at radius 1 is 1.04 bits per heavy atom. The summed E-state index contributed by atoms with van der Waals surface area (Å²) in [6.45, 7) is 8.00. The van der Waals surface area contributed by atoms with Crippen LogP contribution < -0.4 is 4.72 Å². The van der Waals surface area contributed by atoms with E-state index in [2.05, 4.69) is 11.6 Å². The zero-order valence-corrected chi connectivity index (χ0v) is 15.1. The van der Waals surface area contributed by atoms with Crippen molar-refractivity contribution in [1.82, 2.24) is 4.72 Å². The van der Waals surface area contributed by atoms with Crippen LogP contribution >= 0.6 is 0 Å². The molecular weight excluding hydrogens is 306 g/mol. The summed E-state index contributed by atoms with van der Waals surface area (Å²) in [5, 5.41) is 0. The maximum atomic E-state index is 12.6. The quantitative estimate of drug-likeness (QED) is 0.858. The van der Waals surface area contributed by atoms with Crippen molar-refractivity contribution >= 4 is 10.0 Å². The zero-order valence-electron chi connectivity index (χ0n) is 14.3. The second-order valence-corrected chi connectivity index (χ2v) is 7.81. The molecule has 124 valence electrons. The molecular formula is C19H25NO2S. The molecule has 0 aliphatic rings.